The van der Waals surface area contributed by atoms with Crippen molar-refractivity contribution in [2.24, 2.45) is 0 Å². The number of aromatic nitrogens is 4. The molecule has 146 valence electrons. The summed E-state index contributed by atoms with van der Waals surface area (Å²) in [5.74, 6) is 1.88. The summed E-state index contributed by atoms with van der Waals surface area (Å²) in [7, 11) is 1.70. The maximum absolute atomic E-state index is 5.36. The van der Waals surface area contributed by atoms with Gasteiger partial charge in [0.15, 0.2) is 0 Å². The van der Waals surface area contributed by atoms with Crippen LogP contribution in [0.2, 0.25) is 0 Å². The largest absolute Gasteiger partial charge is 0.497 e. The first kappa shape index (κ1) is 17.9. The van der Waals surface area contributed by atoms with Crippen LogP contribution < -0.4 is 9.64 Å². The van der Waals surface area contributed by atoms with E-state index in [4.69, 9.17) is 14.8 Å². The molecule has 0 N–H and O–H groups in total. The van der Waals surface area contributed by atoms with E-state index in [0.29, 0.717) is 0 Å². The van der Waals surface area contributed by atoms with Crippen molar-refractivity contribution in [1.82, 2.24) is 19.7 Å². The molecule has 1 aliphatic rings. The van der Waals surface area contributed by atoms with Crippen molar-refractivity contribution >= 4 is 22.8 Å². The van der Waals surface area contributed by atoms with E-state index in [0.717, 1.165) is 52.3 Å². The van der Waals surface area contributed by atoms with Gasteiger partial charge in [-0.15, -0.1) is 11.3 Å². The van der Waals surface area contributed by atoms with Crippen molar-refractivity contribution in [1.29, 1.82) is 0 Å². The second kappa shape index (κ2) is 7.00. The number of nitrogens with zero attached hydrogens (tertiary/aromatic N) is 5. The highest BCUT2D eigenvalue weighted by molar-refractivity contribution is 7.13. The molecule has 0 saturated carbocycles. The summed E-state index contributed by atoms with van der Waals surface area (Å²) in [5, 5.41) is 7.68. The summed E-state index contributed by atoms with van der Waals surface area (Å²) in [5.41, 5.74) is 6.51. The van der Waals surface area contributed by atoms with Crippen LogP contribution in [0.4, 0.5) is 11.5 Å². The standard InChI is InChI=1S/C22H21N5OS/c1-14-12-16(28-3)4-5-19(14)26-9-6-17-20(13-15(2)24-21(17)26)27-10-7-18(25-27)22-23-8-11-29-22/h4-5,7-8,10-13H,6,9H2,1-3H3. The molecule has 0 bridgehead atoms. The molecule has 4 heterocycles. The number of anilines is 2. The molecule has 3 aromatic heterocycles. The molecule has 29 heavy (non-hydrogen) atoms. The third kappa shape index (κ3) is 3.07. The minimum absolute atomic E-state index is 0.870. The van der Waals surface area contributed by atoms with Gasteiger partial charge >= 0.3 is 0 Å². The number of aryl methyl sites for hydroxylation is 2. The van der Waals surface area contributed by atoms with Crippen molar-refractivity contribution in [2.45, 2.75) is 20.3 Å². The fraction of sp³-hybridized carbons (Fsp3) is 0.227. The van der Waals surface area contributed by atoms with Gasteiger partial charge in [-0.2, -0.15) is 5.10 Å². The summed E-state index contributed by atoms with van der Waals surface area (Å²) >= 11 is 1.60. The first-order valence-corrected chi connectivity index (χ1v) is 10.4. The molecule has 0 spiro atoms. The molecule has 1 aromatic carbocycles. The van der Waals surface area contributed by atoms with Crippen molar-refractivity contribution in [2.75, 3.05) is 18.6 Å². The third-order valence-corrected chi connectivity index (χ3v) is 6.03. The van der Waals surface area contributed by atoms with E-state index in [1.54, 1.807) is 18.4 Å². The average Bonchev–Trinajstić information content (AvgIpc) is 3.47. The van der Waals surface area contributed by atoms with Crippen LogP contribution in [0.15, 0.2) is 48.1 Å². The summed E-state index contributed by atoms with van der Waals surface area (Å²) < 4.78 is 7.31. The van der Waals surface area contributed by atoms with Gasteiger partial charge in [0.1, 0.15) is 22.3 Å². The number of fused-ring (bicyclic) bond motifs is 1. The molecule has 4 aromatic rings. The van der Waals surface area contributed by atoms with Gasteiger partial charge < -0.3 is 9.64 Å². The van der Waals surface area contributed by atoms with Crippen LogP contribution in [-0.2, 0) is 6.42 Å². The second-order valence-electron chi connectivity index (χ2n) is 7.12. The van der Waals surface area contributed by atoms with E-state index in [9.17, 15) is 0 Å². The number of rotatable bonds is 4. The molecule has 0 unspecified atom stereocenters. The minimum Gasteiger partial charge on any atom is -0.497 e. The van der Waals surface area contributed by atoms with Crippen LogP contribution >= 0.6 is 11.3 Å². The molecule has 1 aliphatic heterocycles. The van der Waals surface area contributed by atoms with Gasteiger partial charge in [0.05, 0.1) is 12.8 Å². The Kier molecular flexibility index (Phi) is 4.32. The Morgan fingerprint density at radius 2 is 2.00 bits per heavy atom. The van der Waals surface area contributed by atoms with Crippen molar-refractivity contribution in [3.05, 3.63) is 64.9 Å². The smallest absolute Gasteiger partial charge is 0.143 e. The lowest BCUT2D eigenvalue weighted by molar-refractivity contribution is 0.414. The van der Waals surface area contributed by atoms with Crippen molar-refractivity contribution in [3.8, 4) is 22.1 Å². The zero-order chi connectivity index (χ0) is 20.0. The molecule has 5 rings (SSSR count). The number of thiazole rings is 1. The molecule has 7 heteroatoms. The van der Waals surface area contributed by atoms with Crippen LogP contribution in [0.3, 0.4) is 0 Å². The van der Waals surface area contributed by atoms with E-state index in [2.05, 4.69) is 35.0 Å². The Hall–Kier alpha value is -3.19. The first-order chi connectivity index (χ1) is 14.1. The molecule has 0 saturated heterocycles. The fourth-order valence-corrected chi connectivity index (χ4v) is 4.48. The summed E-state index contributed by atoms with van der Waals surface area (Å²) in [6.07, 6.45) is 4.74. The summed E-state index contributed by atoms with van der Waals surface area (Å²) in [4.78, 5) is 11.5. The number of hydrogen-bond donors (Lipinski definition) is 0. The van der Waals surface area contributed by atoms with Crippen molar-refractivity contribution < 1.29 is 4.74 Å². The lowest BCUT2D eigenvalue weighted by Crippen LogP contribution is -2.16. The molecule has 0 radical (unpaired) electrons. The van der Waals surface area contributed by atoms with Gasteiger partial charge in [-0.1, -0.05) is 0 Å². The lowest BCUT2D eigenvalue weighted by Gasteiger charge is -2.22. The Balaban J connectivity index is 1.57. The Labute approximate surface area is 173 Å². The van der Waals surface area contributed by atoms with Gasteiger partial charge in [-0.3, -0.25) is 0 Å². The predicted octanol–water partition coefficient (Wildman–Crippen LogP) is 4.71. The van der Waals surface area contributed by atoms with Gasteiger partial charge in [0.25, 0.3) is 0 Å². The molecular weight excluding hydrogens is 382 g/mol. The number of methoxy groups -OCH3 is 1. The molecule has 0 fully saturated rings. The Bertz CT molecular complexity index is 1180. The quantitative estimate of drug-likeness (QED) is 0.494. The Morgan fingerprint density at radius 1 is 1.10 bits per heavy atom. The topological polar surface area (TPSA) is 56.1 Å². The zero-order valence-corrected chi connectivity index (χ0v) is 17.4. The van der Waals surface area contributed by atoms with Crippen LogP contribution in [0.1, 0.15) is 16.8 Å². The normalized spacial score (nSPS) is 13.0. The van der Waals surface area contributed by atoms with E-state index < -0.39 is 0 Å². The van der Waals surface area contributed by atoms with Crippen LogP contribution in [-0.4, -0.2) is 33.4 Å². The van der Waals surface area contributed by atoms with Crippen LogP contribution in [0.5, 0.6) is 5.75 Å². The average molecular weight is 404 g/mol. The van der Waals surface area contributed by atoms with E-state index in [1.807, 2.05) is 41.5 Å². The highest BCUT2D eigenvalue weighted by Gasteiger charge is 2.27. The maximum Gasteiger partial charge on any atom is 0.143 e. The molecule has 0 amide bonds. The number of pyridine rings is 1. The van der Waals surface area contributed by atoms with Gasteiger partial charge in [0.2, 0.25) is 0 Å². The first-order valence-electron chi connectivity index (χ1n) is 9.52. The van der Waals surface area contributed by atoms with Crippen LogP contribution in [0.25, 0.3) is 16.4 Å². The third-order valence-electron chi connectivity index (χ3n) is 5.23. The fourth-order valence-electron chi connectivity index (χ4n) is 3.88. The van der Waals surface area contributed by atoms with E-state index >= 15 is 0 Å². The van der Waals surface area contributed by atoms with E-state index in [1.165, 1.54) is 11.1 Å². The summed E-state index contributed by atoms with van der Waals surface area (Å²) in [6, 6.07) is 10.3. The molecular formula is C22H21N5OS. The SMILES string of the molecule is COc1ccc(N2CCc3c(-n4ccc(-c5nccs5)n4)cc(C)nc32)c(C)c1. The van der Waals surface area contributed by atoms with Crippen LogP contribution in [0, 0.1) is 13.8 Å². The predicted molar refractivity (Wildman–Crippen MR) is 116 cm³/mol. The maximum atomic E-state index is 5.36. The molecule has 0 atom stereocenters. The lowest BCUT2D eigenvalue weighted by atomic mass is 10.1. The highest BCUT2D eigenvalue weighted by atomic mass is 32.1. The number of benzene rings is 1. The highest BCUT2D eigenvalue weighted by Crippen LogP contribution is 2.39. The monoisotopic (exact) mass is 403 g/mol. The van der Waals surface area contributed by atoms with Crippen molar-refractivity contribution in [3.63, 3.8) is 0 Å². The zero-order valence-electron chi connectivity index (χ0n) is 16.6. The van der Waals surface area contributed by atoms with Gasteiger partial charge in [0, 0.05) is 41.3 Å². The number of ether oxygens (including phenoxy) is 1. The van der Waals surface area contributed by atoms with Gasteiger partial charge in [-0.25, -0.2) is 14.6 Å². The minimum atomic E-state index is 0.870. The summed E-state index contributed by atoms with van der Waals surface area (Å²) in [6.45, 7) is 5.04. The molecule has 6 nitrogen and oxygen atoms in total. The van der Waals surface area contributed by atoms with Gasteiger partial charge in [-0.05, 0) is 56.2 Å². The van der Waals surface area contributed by atoms with E-state index in [-0.39, 0.29) is 0 Å². The number of hydrogen-bond acceptors (Lipinski definition) is 6. The second-order valence-corrected chi connectivity index (χ2v) is 8.02. The molecule has 0 aliphatic carbocycles. The Morgan fingerprint density at radius 3 is 2.76 bits per heavy atom.